The molecule has 0 N–H and O–H groups in total. The van der Waals surface area contributed by atoms with Crippen molar-refractivity contribution in [1.29, 1.82) is 0 Å². The first-order valence-corrected chi connectivity index (χ1v) is 7.48. The lowest BCUT2D eigenvalue weighted by atomic mass is 9.97. The third-order valence-corrected chi connectivity index (χ3v) is 3.26. The van der Waals surface area contributed by atoms with Crippen LogP contribution in [0.25, 0.3) is 0 Å². The molecule has 1 aromatic carbocycles. The Hall–Kier alpha value is -1.84. The molecule has 0 atom stereocenters. The molecule has 0 spiro atoms. The highest BCUT2D eigenvalue weighted by Gasteiger charge is 2.15. The van der Waals surface area contributed by atoms with Gasteiger partial charge in [0.25, 0.3) is 0 Å². The van der Waals surface area contributed by atoms with Gasteiger partial charge in [0.1, 0.15) is 5.75 Å². The van der Waals surface area contributed by atoms with Gasteiger partial charge in [-0.3, -0.25) is 9.59 Å². The van der Waals surface area contributed by atoms with Gasteiger partial charge in [-0.2, -0.15) is 0 Å². The molecule has 0 saturated carbocycles. The van der Waals surface area contributed by atoms with Crippen LogP contribution in [0.1, 0.15) is 55.5 Å². The minimum absolute atomic E-state index is 0.0744. The lowest BCUT2D eigenvalue weighted by Crippen LogP contribution is -2.12. The first-order chi connectivity index (χ1) is 10.1. The number of methoxy groups -OCH3 is 1. The van der Waals surface area contributed by atoms with E-state index in [1.807, 2.05) is 0 Å². The summed E-state index contributed by atoms with van der Waals surface area (Å²) >= 11 is 0. The van der Waals surface area contributed by atoms with Gasteiger partial charge in [-0.15, -0.1) is 0 Å². The molecule has 0 saturated heterocycles. The van der Waals surface area contributed by atoms with Gasteiger partial charge in [0.15, 0.2) is 5.78 Å². The third-order valence-electron chi connectivity index (χ3n) is 3.26. The second-order valence-electron chi connectivity index (χ2n) is 4.89. The Morgan fingerprint density at radius 3 is 2.52 bits per heavy atom. The van der Waals surface area contributed by atoms with Crippen LogP contribution in [0.2, 0.25) is 0 Å². The van der Waals surface area contributed by atoms with Crippen LogP contribution in [0, 0.1) is 0 Å². The topological polar surface area (TPSA) is 52.6 Å². The summed E-state index contributed by atoms with van der Waals surface area (Å²) in [5, 5.41) is 0. The molecule has 0 fully saturated rings. The second kappa shape index (κ2) is 9.16. The molecular formula is C17H24O4. The van der Waals surface area contributed by atoms with Crippen molar-refractivity contribution in [2.75, 3.05) is 13.7 Å². The van der Waals surface area contributed by atoms with Crippen LogP contribution in [-0.2, 0) is 16.0 Å². The van der Waals surface area contributed by atoms with E-state index in [2.05, 4.69) is 6.92 Å². The molecule has 0 radical (unpaired) electrons. The van der Waals surface area contributed by atoms with E-state index in [4.69, 9.17) is 9.47 Å². The molecule has 1 aromatic rings. The van der Waals surface area contributed by atoms with Crippen LogP contribution in [0.3, 0.4) is 0 Å². The van der Waals surface area contributed by atoms with E-state index in [0.29, 0.717) is 29.9 Å². The normalized spacial score (nSPS) is 10.2. The van der Waals surface area contributed by atoms with E-state index in [0.717, 1.165) is 19.3 Å². The number of hydrogen-bond acceptors (Lipinski definition) is 4. The first-order valence-electron chi connectivity index (χ1n) is 7.48. The highest BCUT2D eigenvalue weighted by molar-refractivity contribution is 5.98. The maximum atomic E-state index is 12.3. The first kappa shape index (κ1) is 17.2. The number of benzene rings is 1. The fraction of sp³-hybridized carbons (Fsp3) is 0.529. The third kappa shape index (κ3) is 5.58. The summed E-state index contributed by atoms with van der Waals surface area (Å²) in [6.45, 7) is 4.20. The van der Waals surface area contributed by atoms with Crippen molar-refractivity contribution in [2.24, 2.45) is 0 Å². The monoisotopic (exact) mass is 292 g/mol. The van der Waals surface area contributed by atoms with Gasteiger partial charge in [0.05, 0.1) is 20.1 Å². The van der Waals surface area contributed by atoms with Crippen molar-refractivity contribution >= 4 is 11.8 Å². The number of rotatable bonds is 9. The zero-order valence-corrected chi connectivity index (χ0v) is 13.1. The molecular weight excluding hydrogens is 268 g/mol. The standard InChI is InChI=1S/C17H24O4/c1-4-6-7-8-16(18)15-10-9-14(20-3)11-13(15)12-17(19)21-5-2/h9-11H,4-8,12H2,1-3H3. The van der Waals surface area contributed by atoms with Crippen molar-refractivity contribution < 1.29 is 19.1 Å². The van der Waals surface area contributed by atoms with Crippen molar-refractivity contribution in [1.82, 2.24) is 0 Å². The van der Waals surface area contributed by atoms with Crippen molar-refractivity contribution in [3.05, 3.63) is 29.3 Å². The van der Waals surface area contributed by atoms with E-state index in [1.54, 1.807) is 32.2 Å². The summed E-state index contributed by atoms with van der Waals surface area (Å²) < 4.78 is 10.1. The van der Waals surface area contributed by atoms with Crippen LogP contribution in [0.4, 0.5) is 0 Å². The fourth-order valence-corrected chi connectivity index (χ4v) is 2.15. The highest BCUT2D eigenvalue weighted by atomic mass is 16.5. The molecule has 0 unspecified atom stereocenters. The van der Waals surface area contributed by atoms with Gasteiger partial charge < -0.3 is 9.47 Å². The smallest absolute Gasteiger partial charge is 0.310 e. The van der Waals surface area contributed by atoms with Gasteiger partial charge in [-0.1, -0.05) is 19.8 Å². The molecule has 21 heavy (non-hydrogen) atoms. The summed E-state index contributed by atoms with van der Waals surface area (Å²) in [5.74, 6) is 0.387. The summed E-state index contributed by atoms with van der Waals surface area (Å²) in [6.07, 6.45) is 3.59. The SMILES string of the molecule is CCCCCC(=O)c1ccc(OC)cc1CC(=O)OCC. The predicted molar refractivity (Wildman–Crippen MR) is 81.8 cm³/mol. The number of carbonyl (C=O) groups excluding carboxylic acids is 2. The van der Waals surface area contributed by atoms with Crippen LogP contribution in [-0.4, -0.2) is 25.5 Å². The Morgan fingerprint density at radius 2 is 1.90 bits per heavy atom. The van der Waals surface area contributed by atoms with Gasteiger partial charge in [0, 0.05) is 12.0 Å². The van der Waals surface area contributed by atoms with Crippen molar-refractivity contribution in [2.45, 2.75) is 46.0 Å². The number of ether oxygens (including phenoxy) is 2. The number of ketones is 1. The molecule has 1 rings (SSSR count). The van der Waals surface area contributed by atoms with E-state index in [1.165, 1.54) is 0 Å². The minimum Gasteiger partial charge on any atom is -0.497 e. The average Bonchev–Trinajstić information content (AvgIpc) is 2.47. The Kier molecular flexibility index (Phi) is 7.51. The molecule has 0 aliphatic heterocycles. The minimum atomic E-state index is -0.326. The Balaban J connectivity index is 2.90. The van der Waals surface area contributed by atoms with Crippen LogP contribution < -0.4 is 4.74 Å². The van der Waals surface area contributed by atoms with Gasteiger partial charge >= 0.3 is 5.97 Å². The Bertz CT molecular complexity index is 480. The molecule has 4 nitrogen and oxygen atoms in total. The zero-order valence-electron chi connectivity index (χ0n) is 13.1. The zero-order chi connectivity index (χ0) is 15.7. The highest BCUT2D eigenvalue weighted by Crippen LogP contribution is 2.21. The lowest BCUT2D eigenvalue weighted by molar-refractivity contribution is -0.142. The lowest BCUT2D eigenvalue weighted by Gasteiger charge is -2.10. The molecule has 4 heteroatoms. The number of hydrogen-bond donors (Lipinski definition) is 0. The quantitative estimate of drug-likeness (QED) is 0.397. The molecule has 0 aliphatic rings. The number of unbranched alkanes of at least 4 members (excludes halogenated alkanes) is 2. The maximum absolute atomic E-state index is 12.3. The van der Waals surface area contributed by atoms with E-state index in [-0.39, 0.29) is 18.2 Å². The Labute approximate surface area is 126 Å². The summed E-state index contributed by atoms with van der Waals surface area (Å²) in [7, 11) is 1.56. The molecule has 0 aromatic heterocycles. The van der Waals surface area contributed by atoms with E-state index < -0.39 is 0 Å². The maximum Gasteiger partial charge on any atom is 0.310 e. The number of Topliss-reactive ketones (excluding diaryl/α,β-unsaturated/α-hetero) is 1. The average molecular weight is 292 g/mol. The second-order valence-corrected chi connectivity index (χ2v) is 4.89. The van der Waals surface area contributed by atoms with Crippen molar-refractivity contribution in [3.63, 3.8) is 0 Å². The summed E-state index contributed by atoms with van der Waals surface area (Å²) in [5.41, 5.74) is 1.27. The van der Waals surface area contributed by atoms with Crippen molar-refractivity contribution in [3.8, 4) is 5.75 Å². The molecule has 0 amide bonds. The number of carbonyl (C=O) groups is 2. The van der Waals surface area contributed by atoms with Crippen LogP contribution in [0.5, 0.6) is 5.75 Å². The molecule has 0 bridgehead atoms. The van der Waals surface area contributed by atoms with Crippen LogP contribution >= 0.6 is 0 Å². The van der Waals surface area contributed by atoms with Gasteiger partial charge in [-0.05, 0) is 37.1 Å². The largest absolute Gasteiger partial charge is 0.497 e. The Morgan fingerprint density at radius 1 is 1.14 bits per heavy atom. The van der Waals surface area contributed by atoms with E-state index in [9.17, 15) is 9.59 Å². The summed E-state index contributed by atoms with van der Waals surface area (Å²) in [4.78, 5) is 24.0. The van der Waals surface area contributed by atoms with Gasteiger partial charge in [0.2, 0.25) is 0 Å². The molecule has 116 valence electrons. The van der Waals surface area contributed by atoms with E-state index >= 15 is 0 Å². The van der Waals surface area contributed by atoms with Crippen LogP contribution in [0.15, 0.2) is 18.2 Å². The fourth-order valence-electron chi connectivity index (χ4n) is 2.15. The predicted octanol–water partition coefficient (Wildman–Crippen LogP) is 3.56. The number of esters is 1. The van der Waals surface area contributed by atoms with Gasteiger partial charge in [-0.25, -0.2) is 0 Å². The molecule has 0 heterocycles. The summed E-state index contributed by atoms with van der Waals surface area (Å²) in [6, 6.07) is 5.23. The molecule has 0 aliphatic carbocycles.